The third-order valence-corrected chi connectivity index (χ3v) is 5.18. The van der Waals surface area contributed by atoms with Gasteiger partial charge in [-0.05, 0) is 36.2 Å². The van der Waals surface area contributed by atoms with Gasteiger partial charge in [-0.25, -0.2) is 4.79 Å². The van der Waals surface area contributed by atoms with Crippen LogP contribution in [0.3, 0.4) is 0 Å². The van der Waals surface area contributed by atoms with Crippen molar-refractivity contribution in [3.05, 3.63) is 92.3 Å². The Bertz CT molecular complexity index is 1280. The van der Waals surface area contributed by atoms with Gasteiger partial charge in [0.2, 0.25) is 6.10 Å². The molecule has 12 heteroatoms. The highest BCUT2D eigenvalue weighted by Gasteiger charge is 2.24. The highest BCUT2D eigenvalue weighted by molar-refractivity contribution is 6.35. The van der Waals surface area contributed by atoms with E-state index in [4.69, 9.17) is 32.7 Å². The average Bonchev–Trinajstić information content (AvgIpc) is 3.25. The maximum Gasteiger partial charge on any atom is 0.439 e. The Balaban J connectivity index is 0.00000324. The molecule has 0 bridgehead atoms. The summed E-state index contributed by atoms with van der Waals surface area (Å²) in [6.45, 7) is 0.534. The summed E-state index contributed by atoms with van der Waals surface area (Å²) in [5.41, 5.74) is 1.35. The Morgan fingerprint density at radius 2 is 1.91 bits per heavy atom. The monoisotopic (exact) mass is 523 g/mol. The molecule has 9 nitrogen and oxygen atoms in total. The van der Waals surface area contributed by atoms with Gasteiger partial charge in [-0.15, -0.1) is 12.4 Å². The molecule has 4 aromatic rings. The number of methoxy groups -OCH3 is 1. The van der Waals surface area contributed by atoms with Crippen LogP contribution in [-0.2, 0) is 6.42 Å². The second kappa shape index (κ2) is 11.7. The predicted octanol–water partition coefficient (Wildman–Crippen LogP) is 4.71. The molecule has 0 saturated carbocycles. The summed E-state index contributed by atoms with van der Waals surface area (Å²) in [5.74, 6) is 0.500. The van der Waals surface area contributed by atoms with Crippen LogP contribution in [0.15, 0.2) is 63.9 Å². The number of hydrogen-bond donors (Lipinski definition) is 2. The fourth-order valence-electron chi connectivity index (χ4n) is 3.05. The number of rotatable bonds is 9. The van der Waals surface area contributed by atoms with Gasteiger partial charge in [-0.2, -0.15) is 9.97 Å². The first-order valence-corrected chi connectivity index (χ1v) is 10.7. The number of halogens is 3. The van der Waals surface area contributed by atoms with Gasteiger partial charge in [0.15, 0.2) is 5.82 Å². The largest absolute Gasteiger partial charge is 0.476 e. The molecule has 178 valence electrons. The smallest absolute Gasteiger partial charge is 0.439 e. The van der Waals surface area contributed by atoms with E-state index in [2.05, 4.69) is 29.9 Å². The summed E-state index contributed by atoms with van der Waals surface area (Å²) in [5, 5.41) is 8.18. The van der Waals surface area contributed by atoms with Gasteiger partial charge in [-0.1, -0.05) is 52.6 Å². The topological polar surface area (TPSA) is 115 Å². The molecule has 1 unspecified atom stereocenters. The molecule has 34 heavy (non-hydrogen) atoms. The van der Waals surface area contributed by atoms with E-state index < -0.39 is 11.9 Å². The molecule has 2 N–H and O–H groups in total. The molecule has 2 heterocycles. The number of H-pyrrole nitrogens is 1. The summed E-state index contributed by atoms with van der Waals surface area (Å²) >= 11 is 12.2. The minimum absolute atomic E-state index is 0. The summed E-state index contributed by atoms with van der Waals surface area (Å²) in [4.78, 5) is 22.8. The third kappa shape index (κ3) is 6.40. The number of para-hydroxylation sites is 1. The lowest BCUT2D eigenvalue weighted by Gasteiger charge is -2.17. The minimum Gasteiger partial charge on any atom is -0.476 e. The van der Waals surface area contributed by atoms with Crippen molar-refractivity contribution >= 4 is 41.4 Å². The van der Waals surface area contributed by atoms with Gasteiger partial charge in [0, 0.05) is 22.7 Å². The first kappa shape index (κ1) is 25.4. The summed E-state index contributed by atoms with van der Waals surface area (Å²) in [6.07, 6.45) is -0.236. The molecular formula is C22H20Cl3N5O4. The molecule has 0 saturated heterocycles. The average molecular weight is 525 g/mol. The van der Waals surface area contributed by atoms with Crippen molar-refractivity contribution in [1.82, 2.24) is 20.1 Å². The zero-order valence-corrected chi connectivity index (χ0v) is 20.2. The number of nitrogens with zero attached hydrogens (tertiary/aromatic N) is 3. The lowest BCUT2D eigenvalue weighted by atomic mass is 10.1. The van der Waals surface area contributed by atoms with Crippen LogP contribution in [0.25, 0.3) is 0 Å². The predicted molar refractivity (Wildman–Crippen MR) is 131 cm³/mol. The molecule has 1 atom stereocenters. The fraction of sp³-hybridized carbons (Fsp3) is 0.182. The summed E-state index contributed by atoms with van der Waals surface area (Å²) in [7, 11) is 1.46. The van der Waals surface area contributed by atoms with E-state index in [1.165, 1.54) is 7.11 Å². The summed E-state index contributed by atoms with van der Waals surface area (Å²) < 4.78 is 16.0. The zero-order chi connectivity index (χ0) is 23.2. The van der Waals surface area contributed by atoms with Crippen LogP contribution < -0.4 is 20.5 Å². The van der Waals surface area contributed by atoms with Crippen LogP contribution in [0.4, 0.5) is 5.82 Å². The number of ether oxygens (including phenoxy) is 2. The molecule has 2 aromatic carbocycles. The molecule has 2 aromatic heterocycles. The SMILES string of the molecule is COc1nc(NCCc2ccc(Cl)cc2Cl)cc(C(Oc2ccccc2)c2noc(=O)[nH]2)n1.Cl. The first-order valence-electron chi connectivity index (χ1n) is 9.90. The Morgan fingerprint density at radius 3 is 2.59 bits per heavy atom. The lowest BCUT2D eigenvalue weighted by molar-refractivity contribution is 0.223. The van der Waals surface area contributed by atoms with Gasteiger partial charge in [-0.3, -0.25) is 9.51 Å². The van der Waals surface area contributed by atoms with Gasteiger partial charge < -0.3 is 14.8 Å². The van der Waals surface area contributed by atoms with E-state index in [0.717, 1.165) is 5.56 Å². The molecule has 0 aliphatic rings. The van der Waals surface area contributed by atoms with Crippen molar-refractivity contribution in [2.24, 2.45) is 0 Å². The standard InChI is InChI=1S/C22H19Cl2N5O4.ClH/c1-31-21-26-17(12-18(27-21)25-10-9-13-7-8-14(23)11-16(13)24)19(20-28-22(30)33-29-20)32-15-5-3-2-4-6-15;/h2-8,11-12,19H,9-10H2,1H3,(H,25,26,27)(H,28,29,30);1H. The van der Waals surface area contributed by atoms with Crippen molar-refractivity contribution in [2.75, 3.05) is 19.0 Å². The molecular weight excluding hydrogens is 505 g/mol. The Kier molecular flexibility index (Phi) is 8.75. The molecule has 4 rings (SSSR count). The maximum atomic E-state index is 11.6. The zero-order valence-electron chi connectivity index (χ0n) is 17.8. The number of benzene rings is 2. The number of aromatic amines is 1. The quantitative estimate of drug-likeness (QED) is 0.323. The van der Waals surface area contributed by atoms with Crippen molar-refractivity contribution in [2.45, 2.75) is 12.5 Å². The van der Waals surface area contributed by atoms with E-state index in [-0.39, 0.29) is 24.2 Å². The third-order valence-electron chi connectivity index (χ3n) is 4.59. The van der Waals surface area contributed by atoms with Crippen LogP contribution in [0.5, 0.6) is 11.8 Å². The minimum atomic E-state index is -0.873. The highest BCUT2D eigenvalue weighted by Crippen LogP contribution is 2.27. The van der Waals surface area contributed by atoms with Crippen LogP contribution in [0.1, 0.15) is 23.2 Å². The van der Waals surface area contributed by atoms with E-state index in [9.17, 15) is 4.79 Å². The fourth-order valence-corrected chi connectivity index (χ4v) is 3.56. The number of hydrogen-bond acceptors (Lipinski definition) is 8. The second-order valence-electron chi connectivity index (χ2n) is 6.87. The van der Waals surface area contributed by atoms with Crippen LogP contribution in [0.2, 0.25) is 10.0 Å². The van der Waals surface area contributed by atoms with E-state index in [1.807, 2.05) is 24.3 Å². The number of aromatic nitrogens is 4. The van der Waals surface area contributed by atoms with Crippen molar-refractivity contribution in [3.8, 4) is 11.8 Å². The van der Waals surface area contributed by atoms with Gasteiger partial charge >= 0.3 is 11.8 Å². The van der Waals surface area contributed by atoms with E-state index in [0.29, 0.717) is 40.3 Å². The molecule has 0 spiro atoms. The van der Waals surface area contributed by atoms with Crippen molar-refractivity contribution in [1.29, 1.82) is 0 Å². The second-order valence-corrected chi connectivity index (χ2v) is 7.71. The van der Waals surface area contributed by atoms with Crippen molar-refractivity contribution < 1.29 is 14.0 Å². The first-order chi connectivity index (χ1) is 16.0. The Hall–Kier alpha value is -3.27. The van der Waals surface area contributed by atoms with Crippen LogP contribution in [-0.4, -0.2) is 33.8 Å². The highest BCUT2D eigenvalue weighted by atomic mass is 35.5. The lowest BCUT2D eigenvalue weighted by Crippen LogP contribution is -2.16. The molecule has 0 aliphatic heterocycles. The molecule has 0 radical (unpaired) electrons. The molecule has 0 fully saturated rings. The molecule has 0 amide bonds. The number of nitrogens with one attached hydrogen (secondary N) is 2. The Morgan fingerprint density at radius 1 is 1.12 bits per heavy atom. The van der Waals surface area contributed by atoms with Crippen molar-refractivity contribution in [3.63, 3.8) is 0 Å². The van der Waals surface area contributed by atoms with Gasteiger partial charge in [0.1, 0.15) is 11.6 Å². The maximum absolute atomic E-state index is 11.6. The summed E-state index contributed by atoms with van der Waals surface area (Å²) in [6, 6.07) is 16.2. The normalized spacial score (nSPS) is 11.4. The van der Waals surface area contributed by atoms with Crippen LogP contribution >= 0.6 is 35.6 Å². The van der Waals surface area contributed by atoms with E-state index in [1.54, 1.807) is 30.3 Å². The van der Waals surface area contributed by atoms with Gasteiger partial charge in [0.25, 0.3) is 0 Å². The Labute approximate surface area is 210 Å². The number of anilines is 1. The van der Waals surface area contributed by atoms with E-state index >= 15 is 0 Å². The molecule has 0 aliphatic carbocycles. The van der Waals surface area contributed by atoms with Crippen LogP contribution in [0, 0.1) is 0 Å². The van der Waals surface area contributed by atoms with Gasteiger partial charge in [0.05, 0.1) is 12.8 Å².